The van der Waals surface area contributed by atoms with Crippen LogP contribution < -0.4 is 10.2 Å². The Morgan fingerprint density at radius 2 is 1.86 bits per heavy atom. The number of ether oxygens (including phenoxy) is 1. The molecule has 0 unspecified atom stereocenters. The van der Waals surface area contributed by atoms with E-state index in [0.29, 0.717) is 27.5 Å². The largest absolute Gasteiger partial charge is 0.508 e. The predicted molar refractivity (Wildman–Crippen MR) is 80.4 cm³/mol. The Balaban J connectivity index is 2.12. The fraction of sp³-hybridized carbons (Fsp3) is 0.0625. The third kappa shape index (κ3) is 2.58. The summed E-state index contributed by atoms with van der Waals surface area (Å²) >= 11 is 5.81. The summed E-state index contributed by atoms with van der Waals surface area (Å²) < 4.78 is 11.1. The lowest BCUT2D eigenvalue weighted by molar-refractivity contribution is 0.435. The molecular formula is C16H11ClO4. The zero-order valence-corrected chi connectivity index (χ0v) is 11.8. The summed E-state index contributed by atoms with van der Waals surface area (Å²) in [5, 5.41) is 10.4. The molecule has 0 amide bonds. The number of phenols is 1. The van der Waals surface area contributed by atoms with Gasteiger partial charge >= 0.3 is 0 Å². The van der Waals surface area contributed by atoms with Gasteiger partial charge in [0.05, 0.1) is 5.39 Å². The average Bonchev–Trinajstić information content (AvgIpc) is 2.45. The minimum absolute atomic E-state index is 0.0384. The lowest BCUT2D eigenvalue weighted by Crippen LogP contribution is -2.07. The van der Waals surface area contributed by atoms with Crippen molar-refractivity contribution in [2.45, 2.75) is 6.92 Å². The molecule has 1 N–H and O–H groups in total. The van der Waals surface area contributed by atoms with E-state index in [1.54, 1.807) is 31.2 Å². The standard InChI is InChI=1S/C16H11ClO4/c1-9-16(21-12-5-2-10(17)3-6-12)15(19)13-7-4-11(18)8-14(13)20-9/h2-8,18H,1H3. The van der Waals surface area contributed by atoms with Crippen LogP contribution in [0.15, 0.2) is 51.7 Å². The number of hydrogen-bond donors (Lipinski definition) is 1. The van der Waals surface area contributed by atoms with Crippen molar-refractivity contribution >= 4 is 22.6 Å². The van der Waals surface area contributed by atoms with Crippen molar-refractivity contribution in [1.82, 2.24) is 0 Å². The van der Waals surface area contributed by atoms with Gasteiger partial charge in [-0.2, -0.15) is 0 Å². The van der Waals surface area contributed by atoms with E-state index in [4.69, 9.17) is 20.8 Å². The van der Waals surface area contributed by atoms with E-state index in [1.807, 2.05) is 0 Å². The fourth-order valence-corrected chi connectivity index (χ4v) is 2.14. The Labute approximate surface area is 125 Å². The van der Waals surface area contributed by atoms with E-state index in [1.165, 1.54) is 18.2 Å². The topological polar surface area (TPSA) is 59.7 Å². The van der Waals surface area contributed by atoms with Crippen LogP contribution >= 0.6 is 11.6 Å². The molecule has 21 heavy (non-hydrogen) atoms. The second kappa shape index (κ2) is 5.14. The minimum atomic E-state index is -0.288. The van der Waals surface area contributed by atoms with Crippen molar-refractivity contribution in [1.29, 1.82) is 0 Å². The van der Waals surface area contributed by atoms with Crippen molar-refractivity contribution < 1.29 is 14.3 Å². The molecule has 1 heterocycles. The third-order valence-corrected chi connectivity index (χ3v) is 3.28. The Bertz CT molecular complexity index is 866. The zero-order valence-electron chi connectivity index (χ0n) is 11.1. The first-order valence-electron chi connectivity index (χ1n) is 6.24. The molecule has 4 nitrogen and oxygen atoms in total. The predicted octanol–water partition coefficient (Wildman–Crippen LogP) is 4.25. The van der Waals surface area contributed by atoms with E-state index >= 15 is 0 Å². The second-order valence-electron chi connectivity index (χ2n) is 4.55. The molecule has 0 spiro atoms. The van der Waals surface area contributed by atoms with Crippen molar-refractivity contribution in [3.8, 4) is 17.2 Å². The van der Waals surface area contributed by atoms with Crippen molar-refractivity contribution in [2.24, 2.45) is 0 Å². The van der Waals surface area contributed by atoms with E-state index in [9.17, 15) is 9.90 Å². The number of aromatic hydroxyl groups is 1. The molecule has 3 rings (SSSR count). The highest BCUT2D eigenvalue weighted by atomic mass is 35.5. The highest BCUT2D eigenvalue weighted by molar-refractivity contribution is 6.30. The Kier molecular flexibility index (Phi) is 3.31. The van der Waals surface area contributed by atoms with Gasteiger partial charge < -0.3 is 14.3 Å². The van der Waals surface area contributed by atoms with Gasteiger partial charge in [0.1, 0.15) is 22.8 Å². The van der Waals surface area contributed by atoms with Crippen molar-refractivity contribution in [2.75, 3.05) is 0 Å². The number of benzene rings is 2. The zero-order chi connectivity index (χ0) is 15.0. The van der Waals surface area contributed by atoms with E-state index in [0.717, 1.165) is 0 Å². The number of rotatable bonds is 2. The average molecular weight is 303 g/mol. The second-order valence-corrected chi connectivity index (χ2v) is 4.99. The summed E-state index contributed by atoms with van der Waals surface area (Å²) in [4.78, 5) is 12.4. The quantitative estimate of drug-likeness (QED) is 0.768. The maximum atomic E-state index is 12.4. The highest BCUT2D eigenvalue weighted by Gasteiger charge is 2.14. The normalized spacial score (nSPS) is 10.8. The molecule has 2 aromatic carbocycles. The van der Waals surface area contributed by atoms with E-state index in [2.05, 4.69) is 0 Å². The minimum Gasteiger partial charge on any atom is -0.508 e. The molecule has 106 valence electrons. The molecule has 0 radical (unpaired) electrons. The Hall–Kier alpha value is -2.46. The summed E-state index contributed by atoms with van der Waals surface area (Å²) in [7, 11) is 0. The molecule has 0 fully saturated rings. The Morgan fingerprint density at radius 1 is 1.14 bits per heavy atom. The molecule has 5 heteroatoms. The van der Waals surface area contributed by atoms with E-state index in [-0.39, 0.29) is 16.9 Å². The lowest BCUT2D eigenvalue weighted by Gasteiger charge is -2.08. The number of phenolic OH excluding ortho intramolecular Hbond substituents is 1. The first kappa shape index (κ1) is 13.5. The summed E-state index contributed by atoms with van der Waals surface area (Å²) in [6, 6.07) is 11.0. The van der Waals surface area contributed by atoms with Gasteiger partial charge in [-0.05, 0) is 43.3 Å². The molecule has 0 aliphatic heterocycles. The molecule has 3 aromatic rings. The number of aryl methyl sites for hydroxylation is 1. The molecule has 0 aliphatic carbocycles. The van der Waals surface area contributed by atoms with Crippen LogP contribution in [0, 0.1) is 6.92 Å². The molecule has 0 bridgehead atoms. The van der Waals surface area contributed by atoms with Gasteiger partial charge in [-0.15, -0.1) is 0 Å². The van der Waals surface area contributed by atoms with Gasteiger partial charge in [-0.3, -0.25) is 4.79 Å². The number of fused-ring (bicyclic) bond motifs is 1. The molecule has 0 saturated heterocycles. The third-order valence-electron chi connectivity index (χ3n) is 3.03. The van der Waals surface area contributed by atoms with Crippen LogP contribution in [0.1, 0.15) is 5.76 Å². The maximum Gasteiger partial charge on any atom is 0.235 e. The van der Waals surface area contributed by atoms with Gasteiger partial charge in [0, 0.05) is 11.1 Å². The maximum absolute atomic E-state index is 12.4. The van der Waals surface area contributed by atoms with Crippen LogP contribution in [-0.2, 0) is 0 Å². The van der Waals surface area contributed by atoms with Crippen LogP contribution in [-0.4, -0.2) is 5.11 Å². The van der Waals surface area contributed by atoms with Crippen molar-refractivity contribution in [3.63, 3.8) is 0 Å². The molecular weight excluding hydrogens is 292 g/mol. The Morgan fingerprint density at radius 3 is 2.57 bits per heavy atom. The van der Waals surface area contributed by atoms with Crippen molar-refractivity contribution in [3.05, 3.63) is 63.5 Å². The SMILES string of the molecule is Cc1oc2cc(O)ccc2c(=O)c1Oc1ccc(Cl)cc1. The molecule has 0 saturated carbocycles. The van der Waals surface area contributed by atoms with Crippen LogP contribution in [0.4, 0.5) is 0 Å². The first-order valence-corrected chi connectivity index (χ1v) is 6.62. The van der Waals surface area contributed by atoms with Gasteiger partial charge in [0.15, 0.2) is 0 Å². The molecule has 0 aliphatic rings. The molecule has 0 atom stereocenters. The van der Waals surface area contributed by atoms with Gasteiger partial charge in [-0.25, -0.2) is 0 Å². The monoisotopic (exact) mass is 302 g/mol. The summed E-state index contributed by atoms with van der Waals surface area (Å²) in [5.41, 5.74) is 0.0321. The van der Waals surface area contributed by atoms with Gasteiger partial charge in [0.25, 0.3) is 0 Å². The van der Waals surface area contributed by atoms with Gasteiger partial charge in [0.2, 0.25) is 11.2 Å². The first-order chi connectivity index (χ1) is 10.0. The van der Waals surface area contributed by atoms with E-state index < -0.39 is 0 Å². The summed E-state index contributed by atoms with van der Waals surface area (Å²) in [5.74, 6) is 0.993. The van der Waals surface area contributed by atoms with Crippen LogP contribution in [0.5, 0.6) is 17.2 Å². The lowest BCUT2D eigenvalue weighted by atomic mass is 10.2. The molecule has 1 aromatic heterocycles. The fourth-order valence-electron chi connectivity index (χ4n) is 2.02. The number of hydrogen-bond acceptors (Lipinski definition) is 4. The van der Waals surface area contributed by atoms with Crippen LogP contribution in [0.3, 0.4) is 0 Å². The number of halogens is 1. The summed E-state index contributed by atoms with van der Waals surface area (Å²) in [6.07, 6.45) is 0. The smallest absolute Gasteiger partial charge is 0.235 e. The van der Waals surface area contributed by atoms with Gasteiger partial charge in [-0.1, -0.05) is 11.6 Å². The van der Waals surface area contributed by atoms with Crippen LogP contribution in [0.25, 0.3) is 11.0 Å². The van der Waals surface area contributed by atoms with Crippen LogP contribution in [0.2, 0.25) is 5.02 Å². The summed E-state index contributed by atoms with van der Waals surface area (Å²) in [6.45, 7) is 1.64. The highest BCUT2D eigenvalue weighted by Crippen LogP contribution is 2.27.